The van der Waals surface area contributed by atoms with Crippen molar-refractivity contribution in [2.24, 2.45) is 0 Å². The lowest BCUT2D eigenvalue weighted by Gasteiger charge is -2.09. The quantitative estimate of drug-likeness (QED) is 0.721. The summed E-state index contributed by atoms with van der Waals surface area (Å²) in [5, 5.41) is 0.986. The van der Waals surface area contributed by atoms with Crippen LogP contribution < -0.4 is 0 Å². The van der Waals surface area contributed by atoms with Crippen molar-refractivity contribution in [1.82, 2.24) is 3.97 Å². The first-order valence-corrected chi connectivity index (χ1v) is 7.90. The third-order valence-corrected chi connectivity index (χ3v) is 5.30. The Morgan fingerprint density at radius 1 is 1.00 bits per heavy atom. The van der Waals surface area contributed by atoms with Crippen molar-refractivity contribution in [3.63, 3.8) is 0 Å². The zero-order chi connectivity index (χ0) is 14.3. The van der Waals surface area contributed by atoms with Gasteiger partial charge in [-0.2, -0.15) is 0 Å². The van der Waals surface area contributed by atoms with E-state index in [2.05, 4.69) is 0 Å². The summed E-state index contributed by atoms with van der Waals surface area (Å²) in [7, 11) is -3.68. The van der Waals surface area contributed by atoms with Crippen LogP contribution in [0.4, 0.5) is 0 Å². The van der Waals surface area contributed by atoms with Gasteiger partial charge in [0.15, 0.2) is 0 Å². The third kappa shape index (κ3) is 2.01. The van der Waals surface area contributed by atoms with Crippen molar-refractivity contribution in [3.8, 4) is 0 Å². The van der Waals surface area contributed by atoms with Gasteiger partial charge in [0, 0.05) is 5.39 Å². The second-order valence-corrected chi connectivity index (χ2v) is 6.78. The minimum atomic E-state index is -3.68. The van der Waals surface area contributed by atoms with Crippen LogP contribution in [0.3, 0.4) is 0 Å². The van der Waals surface area contributed by atoms with Crippen LogP contribution >= 0.6 is 11.6 Å². The van der Waals surface area contributed by atoms with Crippen LogP contribution in [0.2, 0.25) is 5.15 Å². The lowest BCUT2D eigenvalue weighted by atomic mass is 10.2. The van der Waals surface area contributed by atoms with Crippen molar-refractivity contribution in [2.75, 3.05) is 0 Å². The summed E-state index contributed by atoms with van der Waals surface area (Å²) in [5.41, 5.74) is 1.59. The van der Waals surface area contributed by atoms with Crippen LogP contribution in [0.5, 0.6) is 0 Å². The van der Waals surface area contributed by atoms with Gasteiger partial charge >= 0.3 is 0 Å². The average molecular weight is 306 g/mol. The Morgan fingerprint density at radius 3 is 2.35 bits per heavy atom. The van der Waals surface area contributed by atoms with Gasteiger partial charge in [-0.3, -0.25) is 0 Å². The van der Waals surface area contributed by atoms with E-state index < -0.39 is 10.0 Å². The summed E-state index contributed by atoms with van der Waals surface area (Å²) in [4.78, 5) is 0.228. The van der Waals surface area contributed by atoms with Gasteiger partial charge in [-0.25, -0.2) is 12.4 Å². The summed E-state index contributed by atoms with van der Waals surface area (Å²) >= 11 is 6.12. The molecular weight excluding hydrogens is 294 g/mol. The Kier molecular flexibility index (Phi) is 3.07. The summed E-state index contributed by atoms with van der Waals surface area (Å²) in [6, 6.07) is 15.6. The highest BCUT2D eigenvalue weighted by atomic mass is 35.5. The van der Waals surface area contributed by atoms with E-state index >= 15 is 0 Å². The minimum absolute atomic E-state index is 0.187. The van der Waals surface area contributed by atoms with Gasteiger partial charge in [0.2, 0.25) is 0 Å². The highest BCUT2D eigenvalue weighted by Crippen LogP contribution is 2.28. The number of fused-ring (bicyclic) bond motifs is 1. The maximum absolute atomic E-state index is 12.7. The molecule has 2 aromatic carbocycles. The highest BCUT2D eigenvalue weighted by molar-refractivity contribution is 7.90. The van der Waals surface area contributed by atoms with Crippen molar-refractivity contribution in [2.45, 2.75) is 11.8 Å². The van der Waals surface area contributed by atoms with E-state index in [1.165, 1.54) is 3.97 Å². The predicted octanol–water partition coefficient (Wildman–Crippen LogP) is 3.84. The molecule has 3 rings (SSSR count). The Bertz CT molecular complexity index is 880. The molecule has 0 aliphatic carbocycles. The fourth-order valence-electron chi connectivity index (χ4n) is 2.16. The zero-order valence-corrected chi connectivity index (χ0v) is 12.3. The van der Waals surface area contributed by atoms with Crippen molar-refractivity contribution < 1.29 is 8.42 Å². The SMILES string of the molecule is Cc1ccc(S(=O)(=O)n2c(Cl)cc3ccccc32)cc1. The third-order valence-electron chi connectivity index (χ3n) is 3.18. The lowest BCUT2D eigenvalue weighted by Crippen LogP contribution is -2.12. The molecule has 1 aromatic heterocycles. The summed E-state index contributed by atoms with van der Waals surface area (Å²) < 4.78 is 26.6. The van der Waals surface area contributed by atoms with E-state index in [1.807, 2.05) is 19.1 Å². The topological polar surface area (TPSA) is 39.1 Å². The fourth-order valence-corrected chi connectivity index (χ4v) is 4.04. The van der Waals surface area contributed by atoms with Crippen molar-refractivity contribution in [1.29, 1.82) is 0 Å². The number of aryl methyl sites for hydroxylation is 1. The molecule has 0 radical (unpaired) electrons. The Hall–Kier alpha value is -1.78. The van der Waals surface area contributed by atoms with Gasteiger partial charge in [-0.05, 0) is 31.2 Å². The van der Waals surface area contributed by atoms with Crippen LogP contribution in [0.1, 0.15) is 5.56 Å². The molecule has 0 spiro atoms. The molecule has 0 saturated heterocycles. The molecule has 0 aliphatic heterocycles. The zero-order valence-electron chi connectivity index (χ0n) is 10.7. The van der Waals surface area contributed by atoms with Crippen molar-refractivity contribution >= 4 is 32.5 Å². The van der Waals surface area contributed by atoms with Crippen LogP contribution in [-0.2, 0) is 10.0 Å². The largest absolute Gasteiger partial charge is 0.269 e. The van der Waals surface area contributed by atoms with Gasteiger partial charge in [0.05, 0.1) is 10.4 Å². The molecule has 0 bridgehead atoms. The molecule has 0 amide bonds. The monoisotopic (exact) mass is 305 g/mol. The smallest absolute Gasteiger partial charge is 0.223 e. The van der Waals surface area contributed by atoms with Gasteiger partial charge in [0.1, 0.15) is 5.15 Å². The molecule has 0 unspecified atom stereocenters. The molecule has 0 saturated carbocycles. The molecule has 0 aliphatic rings. The molecule has 102 valence electrons. The maximum atomic E-state index is 12.7. The summed E-state index contributed by atoms with van der Waals surface area (Å²) in [6.45, 7) is 1.91. The number of hydrogen-bond donors (Lipinski definition) is 0. The van der Waals surface area contributed by atoms with E-state index in [9.17, 15) is 8.42 Å². The van der Waals surface area contributed by atoms with Crippen LogP contribution in [0, 0.1) is 6.92 Å². The molecule has 3 nitrogen and oxygen atoms in total. The number of rotatable bonds is 2. The maximum Gasteiger partial charge on any atom is 0.269 e. The number of halogens is 1. The molecule has 0 atom stereocenters. The molecule has 0 fully saturated rings. The van der Waals surface area contributed by atoms with Crippen LogP contribution in [0.25, 0.3) is 10.9 Å². The predicted molar refractivity (Wildman–Crippen MR) is 80.7 cm³/mol. The number of benzene rings is 2. The van der Waals surface area contributed by atoms with Crippen LogP contribution in [0.15, 0.2) is 59.5 Å². The van der Waals surface area contributed by atoms with E-state index in [0.29, 0.717) is 5.52 Å². The summed E-state index contributed by atoms with van der Waals surface area (Å²) in [6.07, 6.45) is 0. The Morgan fingerprint density at radius 2 is 1.65 bits per heavy atom. The molecular formula is C15H12ClNO2S. The Labute approximate surface area is 122 Å². The average Bonchev–Trinajstić information content (AvgIpc) is 2.75. The van der Waals surface area contributed by atoms with Gasteiger partial charge < -0.3 is 0 Å². The van der Waals surface area contributed by atoms with E-state index in [0.717, 1.165) is 10.9 Å². The minimum Gasteiger partial charge on any atom is -0.223 e. The van der Waals surface area contributed by atoms with Crippen LogP contribution in [-0.4, -0.2) is 12.4 Å². The number of aromatic nitrogens is 1. The first-order chi connectivity index (χ1) is 9.50. The Balaban J connectivity index is 2.29. The highest BCUT2D eigenvalue weighted by Gasteiger charge is 2.21. The first-order valence-electron chi connectivity index (χ1n) is 6.08. The second-order valence-electron chi connectivity index (χ2n) is 4.61. The standard InChI is InChI=1S/C15H12ClNO2S/c1-11-6-8-13(9-7-11)20(18,19)17-14-5-3-2-4-12(14)10-15(17)16/h2-10H,1H3. The van der Waals surface area contributed by atoms with E-state index in [-0.39, 0.29) is 10.0 Å². The number of para-hydroxylation sites is 1. The summed E-state index contributed by atoms with van der Waals surface area (Å²) in [5.74, 6) is 0. The van der Waals surface area contributed by atoms with Crippen molar-refractivity contribution in [3.05, 3.63) is 65.3 Å². The first kappa shape index (κ1) is 13.2. The van der Waals surface area contributed by atoms with Gasteiger partial charge in [-0.1, -0.05) is 47.5 Å². The van der Waals surface area contributed by atoms with Gasteiger partial charge in [-0.15, -0.1) is 0 Å². The molecule has 20 heavy (non-hydrogen) atoms. The molecule has 1 heterocycles. The fraction of sp³-hybridized carbons (Fsp3) is 0.0667. The van der Waals surface area contributed by atoms with Gasteiger partial charge in [0.25, 0.3) is 10.0 Å². The normalized spacial score (nSPS) is 11.9. The number of nitrogens with zero attached hydrogens (tertiary/aromatic N) is 1. The lowest BCUT2D eigenvalue weighted by molar-refractivity contribution is 0.589. The second kappa shape index (κ2) is 4.65. The van der Waals surface area contributed by atoms with E-state index in [1.54, 1.807) is 42.5 Å². The molecule has 5 heteroatoms. The molecule has 0 N–H and O–H groups in total. The van der Waals surface area contributed by atoms with E-state index in [4.69, 9.17) is 11.6 Å². The number of hydrogen-bond acceptors (Lipinski definition) is 2. The molecule has 3 aromatic rings.